The molecule has 1 saturated carbocycles. The average molecular weight is 274 g/mol. The molecule has 0 spiro atoms. The van der Waals surface area contributed by atoms with Crippen LogP contribution < -0.4 is 11.1 Å². The molecule has 2 rings (SSSR count). The first-order valence-corrected chi connectivity index (χ1v) is 7.48. The molecule has 1 aliphatic rings. The lowest BCUT2D eigenvalue weighted by Gasteiger charge is -2.27. The summed E-state index contributed by atoms with van der Waals surface area (Å²) in [5.41, 5.74) is 7.26. The second-order valence-corrected chi connectivity index (χ2v) is 6.97. The fourth-order valence-corrected chi connectivity index (χ4v) is 2.30. The van der Waals surface area contributed by atoms with Crippen LogP contribution in [0.1, 0.15) is 51.6 Å². The zero-order valence-electron chi connectivity index (χ0n) is 12.7. The summed E-state index contributed by atoms with van der Waals surface area (Å²) in [5.74, 6) is 0.653. The number of nitrogens with two attached hydrogens (primary N) is 1. The Morgan fingerprint density at radius 3 is 2.40 bits per heavy atom. The lowest BCUT2D eigenvalue weighted by Crippen LogP contribution is -2.41. The smallest absolute Gasteiger partial charge is 0.222 e. The van der Waals surface area contributed by atoms with Gasteiger partial charge >= 0.3 is 0 Å². The van der Waals surface area contributed by atoms with Gasteiger partial charge < -0.3 is 11.1 Å². The van der Waals surface area contributed by atoms with Gasteiger partial charge in [-0.25, -0.2) is 0 Å². The summed E-state index contributed by atoms with van der Waals surface area (Å²) < 4.78 is 0. The first-order chi connectivity index (χ1) is 9.38. The molecule has 2 atom stereocenters. The number of benzene rings is 1. The van der Waals surface area contributed by atoms with Crippen molar-refractivity contribution >= 4 is 5.91 Å². The first kappa shape index (κ1) is 15.0. The van der Waals surface area contributed by atoms with Crippen LogP contribution in [0.2, 0.25) is 0 Å². The monoisotopic (exact) mass is 274 g/mol. The minimum atomic E-state index is -0.113. The topological polar surface area (TPSA) is 55.1 Å². The Morgan fingerprint density at radius 2 is 1.90 bits per heavy atom. The summed E-state index contributed by atoms with van der Waals surface area (Å²) in [4.78, 5) is 12.2. The van der Waals surface area contributed by atoms with Crippen LogP contribution in [0.3, 0.4) is 0 Å². The Hall–Kier alpha value is -1.35. The van der Waals surface area contributed by atoms with Crippen molar-refractivity contribution in [3.05, 3.63) is 35.9 Å². The van der Waals surface area contributed by atoms with Crippen molar-refractivity contribution in [1.29, 1.82) is 0 Å². The minimum absolute atomic E-state index is 0.0425. The van der Waals surface area contributed by atoms with E-state index in [1.165, 1.54) is 18.4 Å². The molecule has 0 heterocycles. The van der Waals surface area contributed by atoms with Gasteiger partial charge in [0, 0.05) is 12.5 Å². The van der Waals surface area contributed by atoms with E-state index >= 15 is 0 Å². The quantitative estimate of drug-likeness (QED) is 0.867. The van der Waals surface area contributed by atoms with Gasteiger partial charge in [0.1, 0.15) is 0 Å². The third kappa shape index (κ3) is 4.07. The highest BCUT2D eigenvalue weighted by molar-refractivity contribution is 5.77. The highest BCUT2D eigenvalue weighted by Crippen LogP contribution is 2.41. The summed E-state index contributed by atoms with van der Waals surface area (Å²) in [6.07, 6.45) is 2.79. The number of amides is 1. The molecule has 20 heavy (non-hydrogen) atoms. The summed E-state index contributed by atoms with van der Waals surface area (Å²) in [6, 6.07) is 10.3. The van der Waals surface area contributed by atoms with Gasteiger partial charge in [0.2, 0.25) is 5.91 Å². The lowest BCUT2D eigenvalue weighted by molar-refractivity contribution is -0.122. The van der Waals surface area contributed by atoms with Crippen LogP contribution in [0.25, 0.3) is 0 Å². The summed E-state index contributed by atoms with van der Waals surface area (Å²) >= 11 is 0. The maximum Gasteiger partial charge on any atom is 0.222 e. The molecule has 0 aliphatic heterocycles. The SMILES string of the molecule is CC(C)(C)C(N)CC(=O)NC(c1ccccc1)C1CC1. The molecule has 0 bridgehead atoms. The van der Waals surface area contributed by atoms with Gasteiger partial charge in [-0.2, -0.15) is 0 Å². The standard InChI is InChI=1S/C17H26N2O/c1-17(2,3)14(18)11-15(20)19-16(13-9-10-13)12-7-5-4-6-8-12/h4-8,13-14,16H,9-11,18H2,1-3H3,(H,19,20). The van der Waals surface area contributed by atoms with Gasteiger partial charge in [-0.15, -0.1) is 0 Å². The molecule has 110 valence electrons. The minimum Gasteiger partial charge on any atom is -0.349 e. The van der Waals surface area contributed by atoms with Crippen molar-refractivity contribution < 1.29 is 4.79 Å². The molecule has 0 radical (unpaired) electrons. The molecule has 1 aromatic rings. The van der Waals surface area contributed by atoms with Crippen molar-refractivity contribution in [3.63, 3.8) is 0 Å². The zero-order chi connectivity index (χ0) is 14.8. The van der Waals surface area contributed by atoms with E-state index < -0.39 is 0 Å². The molecule has 1 fully saturated rings. The van der Waals surface area contributed by atoms with E-state index in [1.807, 2.05) is 18.2 Å². The summed E-state index contributed by atoms with van der Waals surface area (Å²) in [7, 11) is 0. The molecule has 1 aromatic carbocycles. The lowest BCUT2D eigenvalue weighted by atomic mass is 9.85. The molecule has 2 unspecified atom stereocenters. The Morgan fingerprint density at radius 1 is 1.30 bits per heavy atom. The van der Waals surface area contributed by atoms with Crippen molar-refractivity contribution in [2.45, 2.75) is 52.1 Å². The Labute approximate surface area is 121 Å². The molecule has 0 saturated heterocycles. The third-order valence-corrected chi connectivity index (χ3v) is 4.09. The highest BCUT2D eigenvalue weighted by Gasteiger charge is 2.34. The van der Waals surface area contributed by atoms with Crippen LogP contribution in [-0.4, -0.2) is 11.9 Å². The van der Waals surface area contributed by atoms with E-state index in [-0.39, 0.29) is 23.4 Å². The Kier molecular flexibility index (Phi) is 4.48. The molecular formula is C17H26N2O. The van der Waals surface area contributed by atoms with Crippen LogP contribution in [0, 0.1) is 11.3 Å². The second-order valence-electron chi connectivity index (χ2n) is 6.97. The maximum absolute atomic E-state index is 12.2. The number of rotatable bonds is 5. The van der Waals surface area contributed by atoms with Crippen molar-refractivity contribution in [1.82, 2.24) is 5.32 Å². The van der Waals surface area contributed by atoms with Gasteiger partial charge in [-0.3, -0.25) is 4.79 Å². The first-order valence-electron chi connectivity index (χ1n) is 7.48. The van der Waals surface area contributed by atoms with Crippen molar-refractivity contribution in [2.75, 3.05) is 0 Å². The number of hydrogen-bond acceptors (Lipinski definition) is 2. The molecule has 3 N–H and O–H groups in total. The van der Waals surface area contributed by atoms with Crippen LogP contribution >= 0.6 is 0 Å². The highest BCUT2D eigenvalue weighted by atomic mass is 16.1. The third-order valence-electron chi connectivity index (χ3n) is 4.09. The van der Waals surface area contributed by atoms with E-state index in [0.717, 1.165) is 0 Å². The molecule has 1 amide bonds. The van der Waals surface area contributed by atoms with E-state index in [4.69, 9.17) is 5.73 Å². The second kappa shape index (κ2) is 5.96. The average Bonchev–Trinajstić information content (AvgIpc) is 3.20. The van der Waals surface area contributed by atoms with Crippen LogP contribution in [0.15, 0.2) is 30.3 Å². The normalized spacial score (nSPS) is 18.4. The van der Waals surface area contributed by atoms with Gasteiger partial charge in [0.25, 0.3) is 0 Å². The summed E-state index contributed by atoms with van der Waals surface area (Å²) in [6.45, 7) is 6.21. The number of hydrogen-bond donors (Lipinski definition) is 2. The van der Waals surface area contributed by atoms with Gasteiger partial charge in [0.05, 0.1) is 6.04 Å². The van der Waals surface area contributed by atoms with E-state index in [9.17, 15) is 4.79 Å². The predicted molar refractivity (Wildman–Crippen MR) is 82.1 cm³/mol. The van der Waals surface area contributed by atoms with E-state index in [0.29, 0.717) is 12.3 Å². The van der Waals surface area contributed by atoms with Crippen molar-refractivity contribution in [2.24, 2.45) is 17.1 Å². The Balaban J connectivity index is 1.97. The van der Waals surface area contributed by atoms with Crippen molar-refractivity contribution in [3.8, 4) is 0 Å². The van der Waals surface area contributed by atoms with Crippen LogP contribution in [-0.2, 0) is 4.79 Å². The number of nitrogens with one attached hydrogen (secondary N) is 1. The molecule has 3 nitrogen and oxygen atoms in total. The predicted octanol–water partition coefficient (Wildman–Crippen LogP) is 3.02. The summed E-state index contributed by atoms with van der Waals surface area (Å²) in [5, 5.41) is 3.18. The van der Waals surface area contributed by atoms with E-state index in [2.05, 4.69) is 38.2 Å². The maximum atomic E-state index is 12.2. The molecule has 1 aliphatic carbocycles. The van der Waals surface area contributed by atoms with Gasteiger partial charge in [-0.1, -0.05) is 51.1 Å². The largest absolute Gasteiger partial charge is 0.349 e. The number of carbonyl (C=O) groups is 1. The molecule has 3 heteroatoms. The van der Waals surface area contributed by atoms with Gasteiger partial charge in [-0.05, 0) is 29.7 Å². The Bertz CT molecular complexity index is 446. The zero-order valence-corrected chi connectivity index (χ0v) is 12.7. The fraction of sp³-hybridized carbons (Fsp3) is 0.588. The van der Waals surface area contributed by atoms with Crippen LogP contribution in [0.4, 0.5) is 0 Å². The molecule has 0 aromatic heterocycles. The van der Waals surface area contributed by atoms with Crippen LogP contribution in [0.5, 0.6) is 0 Å². The molecular weight excluding hydrogens is 248 g/mol. The fourth-order valence-electron chi connectivity index (χ4n) is 2.30. The number of carbonyl (C=O) groups excluding carboxylic acids is 1. The van der Waals surface area contributed by atoms with Gasteiger partial charge in [0.15, 0.2) is 0 Å². The van der Waals surface area contributed by atoms with E-state index in [1.54, 1.807) is 0 Å².